The van der Waals surface area contributed by atoms with Crippen molar-refractivity contribution in [3.05, 3.63) is 473 Å². The van der Waals surface area contributed by atoms with Gasteiger partial charge in [-0.15, -0.1) is 0 Å². The first kappa shape index (κ1) is 71.9. The summed E-state index contributed by atoms with van der Waals surface area (Å²) in [6.45, 7) is 0. The van der Waals surface area contributed by atoms with E-state index in [1.165, 1.54) is 250 Å². The summed E-state index contributed by atoms with van der Waals surface area (Å²) in [5.74, 6) is 0. The van der Waals surface area contributed by atoms with E-state index in [0.29, 0.717) is 0 Å². The first-order valence-corrected chi connectivity index (χ1v) is 43.1. The molecule has 0 aliphatic heterocycles. The molecule has 28 rings (SSSR count). The van der Waals surface area contributed by atoms with Gasteiger partial charge >= 0.3 is 0 Å². The fraction of sp³-hybridized carbons (Fsp3) is 0. The fourth-order valence-electron chi connectivity index (χ4n) is 20.4. The molecule has 574 valence electrons. The number of benzene rings is 28. The molecule has 0 N–H and O–H groups in total. The molecule has 0 amide bonds. The predicted molar refractivity (Wildman–Crippen MR) is 539 cm³/mol. The van der Waals surface area contributed by atoms with Gasteiger partial charge in [-0.3, -0.25) is 0 Å². The van der Waals surface area contributed by atoms with Crippen LogP contribution in [-0.2, 0) is 0 Å². The maximum atomic E-state index is 2.32. The Labute approximate surface area is 717 Å². The van der Waals surface area contributed by atoms with Gasteiger partial charge in [0, 0.05) is 0 Å². The third kappa shape index (κ3) is 12.4. The van der Waals surface area contributed by atoms with Crippen molar-refractivity contribution in [2.45, 2.75) is 0 Å². The van der Waals surface area contributed by atoms with Crippen LogP contribution >= 0.6 is 0 Å². The number of hydrogen-bond donors (Lipinski definition) is 0. The van der Waals surface area contributed by atoms with Crippen LogP contribution in [0.4, 0.5) is 0 Å². The van der Waals surface area contributed by atoms with Crippen LogP contribution in [0, 0.1) is 0 Å². The molecule has 0 bridgehead atoms. The second-order valence-corrected chi connectivity index (χ2v) is 33.1. The van der Waals surface area contributed by atoms with Gasteiger partial charge in [-0.2, -0.15) is 0 Å². The van der Waals surface area contributed by atoms with Gasteiger partial charge in [0.1, 0.15) is 0 Å². The van der Waals surface area contributed by atoms with Crippen molar-refractivity contribution in [1.82, 2.24) is 0 Å². The Bertz CT molecular complexity index is 8630. The molecule has 0 heteroatoms. The van der Waals surface area contributed by atoms with Crippen LogP contribution in [0.3, 0.4) is 0 Å². The van der Waals surface area contributed by atoms with Crippen LogP contribution in [0.5, 0.6) is 0 Å². The Balaban J connectivity index is 0.0000000881. The molecule has 0 saturated heterocycles. The average molecular weight is 1570 g/mol. The largest absolute Gasteiger partial charge is 0.0616 e. The first-order chi connectivity index (χ1) is 61.5. The van der Waals surface area contributed by atoms with Gasteiger partial charge in [-0.05, 0) is 268 Å². The van der Waals surface area contributed by atoms with E-state index in [-0.39, 0.29) is 0 Å². The summed E-state index contributed by atoms with van der Waals surface area (Å²) in [4.78, 5) is 0. The van der Waals surface area contributed by atoms with Gasteiger partial charge in [0.25, 0.3) is 0 Å². The van der Waals surface area contributed by atoms with E-state index in [1.54, 1.807) is 0 Å². The Morgan fingerprint density at radius 3 is 0.556 bits per heavy atom. The van der Waals surface area contributed by atoms with E-state index in [0.717, 1.165) is 0 Å². The van der Waals surface area contributed by atoms with Gasteiger partial charge in [-0.25, -0.2) is 0 Å². The van der Waals surface area contributed by atoms with Crippen molar-refractivity contribution in [3.8, 4) is 55.6 Å². The molecule has 0 atom stereocenters. The lowest BCUT2D eigenvalue weighted by molar-refractivity contribution is 1.67. The lowest BCUT2D eigenvalue weighted by Crippen LogP contribution is -1.90. The van der Waals surface area contributed by atoms with E-state index in [2.05, 4.69) is 473 Å². The minimum absolute atomic E-state index is 1.27. The van der Waals surface area contributed by atoms with Crippen molar-refractivity contribution in [1.29, 1.82) is 0 Å². The van der Waals surface area contributed by atoms with Crippen LogP contribution in [0.15, 0.2) is 473 Å². The van der Waals surface area contributed by atoms with E-state index < -0.39 is 0 Å². The SMILES string of the molecule is c1cc2ccc3ccc(-c4ccc5ccc6cccc7ccc4c5c67)c4ccc(c1)c2c34.c1ccc2c(-c3ccc4ccc5cccc6ccc3c4c56)cccc2c1.c1ccc2c(-c3cccc4ccccc34)cccc2c1.c1ccc2cc(-c3ccc4ccc5cccc6ccc3c4c56)ccc2c1.c1ccc2cc(-c3ccc4ccccc4c3)ccc2c1. The van der Waals surface area contributed by atoms with Crippen molar-refractivity contribution in [2.24, 2.45) is 0 Å². The minimum atomic E-state index is 1.27. The molecular weight excluding hydrogens is 1490 g/mol. The molecule has 0 fully saturated rings. The van der Waals surface area contributed by atoms with E-state index >= 15 is 0 Å². The Morgan fingerprint density at radius 1 is 0.0806 bits per heavy atom. The van der Waals surface area contributed by atoms with E-state index in [4.69, 9.17) is 0 Å². The molecule has 0 unspecified atom stereocenters. The maximum Gasteiger partial charge on any atom is -0.00206 e. The second-order valence-electron chi connectivity index (χ2n) is 33.1. The van der Waals surface area contributed by atoms with Gasteiger partial charge in [0.15, 0.2) is 0 Å². The summed E-state index contributed by atoms with van der Waals surface area (Å²) in [5, 5.41) is 47.7. The zero-order valence-electron chi connectivity index (χ0n) is 68.0. The fourth-order valence-corrected chi connectivity index (χ4v) is 20.4. The summed E-state index contributed by atoms with van der Waals surface area (Å²) >= 11 is 0. The third-order valence-electron chi connectivity index (χ3n) is 26.2. The molecule has 0 radical (unpaired) electrons. The summed E-state index contributed by atoms with van der Waals surface area (Å²) in [6, 6.07) is 172. The topological polar surface area (TPSA) is 0 Å². The normalized spacial score (nSPS) is 11.7. The highest BCUT2D eigenvalue weighted by atomic mass is 14.2. The number of hydrogen-bond acceptors (Lipinski definition) is 0. The molecule has 0 aromatic heterocycles. The number of fused-ring (bicyclic) bond motifs is 6. The Kier molecular flexibility index (Phi) is 17.4. The van der Waals surface area contributed by atoms with E-state index in [1.807, 2.05) is 0 Å². The molecule has 28 aromatic carbocycles. The number of rotatable bonds is 5. The van der Waals surface area contributed by atoms with Gasteiger partial charge in [0.2, 0.25) is 0 Å². The van der Waals surface area contributed by atoms with E-state index in [9.17, 15) is 0 Å². The third-order valence-corrected chi connectivity index (χ3v) is 26.2. The molecule has 0 aliphatic rings. The maximum absolute atomic E-state index is 2.32. The summed E-state index contributed by atoms with van der Waals surface area (Å²) in [5.41, 5.74) is 13.0. The molecule has 0 aliphatic carbocycles. The van der Waals surface area contributed by atoms with Gasteiger partial charge in [-0.1, -0.05) is 455 Å². The van der Waals surface area contributed by atoms with Crippen LogP contribution in [-0.4, -0.2) is 0 Å². The molecule has 0 nitrogen and oxygen atoms in total. The van der Waals surface area contributed by atoms with Gasteiger partial charge < -0.3 is 0 Å². The lowest BCUT2D eigenvalue weighted by Gasteiger charge is -2.17. The van der Waals surface area contributed by atoms with Crippen molar-refractivity contribution in [3.63, 3.8) is 0 Å². The van der Waals surface area contributed by atoms with Crippen LogP contribution < -0.4 is 0 Å². The predicted octanol–water partition coefficient (Wildman–Crippen LogP) is 35.3. The Hall–Kier alpha value is -16.1. The first-order valence-electron chi connectivity index (χ1n) is 43.1. The lowest BCUT2D eigenvalue weighted by atomic mass is 9.86. The molecule has 0 heterocycles. The van der Waals surface area contributed by atoms with Gasteiger partial charge in [0.05, 0.1) is 0 Å². The van der Waals surface area contributed by atoms with Crippen LogP contribution in [0.1, 0.15) is 0 Å². The smallest absolute Gasteiger partial charge is 0.00206 e. The summed E-state index contributed by atoms with van der Waals surface area (Å²) in [6.07, 6.45) is 0. The molecule has 0 spiro atoms. The van der Waals surface area contributed by atoms with Crippen LogP contribution in [0.2, 0.25) is 0 Å². The zero-order valence-corrected chi connectivity index (χ0v) is 68.0. The summed E-state index contributed by atoms with van der Waals surface area (Å²) < 4.78 is 0. The highest BCUT2D eigenvalue weighted by Crippen LogP contribution is 2.47. The molecule has 28 aromatic rings. The summed E-state index contributed by atoms with van der Waals surface area (Å²) in [7, 11) is 0. The highest BCUT2D eigenvalue weighted by molar-refractivity contribution is 6.31. The highest BCUT2D eigenvalue weighted by Gasteiger charge is 2.20. The molecule has 0 saturated carbocycles. The monoisotopic (exact) mass is 1570 g/mol. The molecule has 124 heavy (non-hydrogen) atoms. The Morgan fingerprint density at radius 2 is 0.258 bits per heavy atom. The van der Waals surface area contributed by atoms with Crippen molar-refractivity contribution >= 4 is 194 Å². The molecular formula is C124H78. The standard InChI is InChI=1S/C32H18.2C26H16.2C20H14/c1-3-19-7-9-23-11-15-25(27-17-13-21(5-1)29(19)31(23)27)26-16-12-24-10-8-20-4-2-6-22-14-18-28(26)32(24)30(20)22;1-2-9-21-17(5-1)6-4-10-22(21)23-15-13-20-12-11-18-7-3-8-19-14-16-24(23)26(20)25(18)19;1-2-5-21-16-22(11-8-17(21)4-1)23-14-12-20-10-9-18-6-3-7-19-13-15-24(23)26(20)25(18)19;1-3-11-17-15(7-1)9-5-13-19(17)20-14-6-10-16-8-2-4-12-18(16)20;1-3-7-17-13-19(11-9-15(17)5-1)20-12-10-16-6-2-4-8-18(16)14-20/h1-18H;2*1-16H;2*1-14H. The van der Waals surface area contributed by atoms with Crippen molar-refractivity contribution < 1.29 is 0 Å². The zero-order chi connectivity index (χ0) is 81.7. The minimum Gasteiger partial charge on any atom is -0.0616 e. The van der Waals surface area contributed by atoms with Crippen molar-refractivity contribution in [2.75, 3.05) is 0 Å². The second kappa shape index (κ2) is 30.0. The van der Waals surface area contributed by atoms with Crippen LogP contribution in [0.25, 0.3) is 250 Å². The average Bonchev–Trinajstić information content (AvgIpc) is 0.758. The quantitative estimate of drug-likeness (QED) is 0.151.